The molecule has 0 N–H and O–H groups in total. The highest BCUT2D eigenvalue weighted by molar-refractivity contribution is 7.08. The minimum atomic E-state index is -0.0454. The first-order chi connectivity index (χ1) is 11.7. The molecule has 6 nitrogen and oxygen atoms in total. The molecule has 2 aliphatic rings. The Balaban J connectivity index is 1.40. The van der Waals surface area contributed by atoms with Crippen molar-refractivity contribution in [2.75, 3.05) is 33.0 Å². The summed E-state index contributed by atoms with van der Waals surface area (Å²) in [6.07, 6.45) is 0. The zero-order valence-corrected chi connectivity index (χ0v) is 13.8. The fourth-order valence-electron chi connectivity index (χ4n) is 2.89. The predicted octanol–water partition coefficient (Wildman–Crippen LogP) is 2.08. The van der Waals surface area contributed by atoms with E-state index in [9.17, 15) is 9.59 Å². The molecule has 2 amide bonds. The van der Waals surface area contributed by atoms with Crippen molar-refractivity contribution in [1.29, 1.82) is 0 Å². The molecule has 2 aliphatic heterocycles. The van der Waals surface area contributed by atoms with Crippen molar-refractivity contribution >= 4 is 23.2 Å². The maximum atomic E-state index is 12.6. The van der Waals surface area contributed by atoms with Gasteiger partial charge in [0, 0.05) is 37.1 Å². The molecule has 1 aromatic carbocycles. The first-order valence-corrected chi connectivity index (χ1v) is 8.67. The SMILES string of the molecule is O=C(c1ccsc1)N1CCN(C(=O)c2ccc3c(c2)OCO3)CC1. The number of ether oxygens (including phenoxy) is 2. The van der Waals surface area contributed by atoms with E-state index in [1.165, 1.54) is 11.3 Å². The van der Waals surface area contributed by atoms with E-state index >= 15 is 0 Å². The van der Waals surface area contributed by atoms with Crippen molar-refractivity contribution in [2.45, 2.75) is 0 Å². The highest BCUT2D eigenvalue weighted by atomic mass is 32.1. The average Bonchev–Trinajstić information content (AvgIpc) is 3.31. The second kappa shape index (κ2) is 6.16. The molecule has 0 spiro atoms. The number of benzene rings is 1. The van der Waals surface area contributed by atoms with Gasteiger partial charge < -0.3 is 19.3 Å². The Hall–Kier alpha value is -2.54. The van der Waals surface area contributed by atoms with Gasteiger partial charge in [0.2, 0.25) is 6.79 Å². The van der Waals surface area contributed by atoms with Gasteiger partial charge >= 0.3 is 0 Å². The van der Waals surface area contributed by atoms with Crippen LogP contribution in [0.4, 0.5) is 0 Å². The number of hydrogen-bond donors (Lipinski definition) is 0. The molecule has 7 heteroatoms. The lowest BCUT2D eigenvalue weighted by molar-refractivity contribution is 0.0535. The Morgan fingerprint density at radius 3 is 2.21 bits per heavy atom. The van der Waals surface area contributed by atoms with Crippen LogP contribution in [0, 0.1) is 0 Å². The molecular weight excluding hydrogens is 328 g/mol. The van der Waals surface area contributed by atoms with Gasteiger partial charge in [0.05, 0.1) is 5.56 Å². The molecule has 1 saturated heterocycles. The van der Waals surface area contributed by atoms with Crippen molar-refractivity contribution in [3.63, 3.8) is 0 Å². The van der Waals surface area contributed by atoms with Crippen LogP contribution in [-0.2, 0) is 0 Å². The summed E-state index contributed by atoms with van der Waals surface area (Å²) in [5.74, 6) is 1.26. The molecule has 0 saturated carbocycles. The van der Waals surface area contributed by atoms with Crippen LogP contribution in [0.1, 0.15) is 20.7 Å². The van der Waals surface area contributed by atoms with E-state index in [1.807, 2.05) is 16.8 Å². The number of hydrogen-bond acceptors (Lipinski definition) is 5. The van der Waals surface area contributed by atoms with E-state index in [-0.39, 0.29) is 18.6 Å². The van der Waals surface area contributed by atoms with Gasteiger partial charge in [-0.1, -0.05) is 0 Å². The van der Waals surface area contributed by atoms with E-state index in [4.69, 9.17) is 9.47 Å². The predicted molar refractivity (Wildman–Crippen MR) is 88.7 cm³/mol. The lowest BCUT2D eigenvalue weighted by Gasteiger charge is -2.34. The average molecular weight is 344 g/mol. The Morgan fingerprint density at radius 1 is 0.875 bits per heavy atom. The standard InChI is InChI=1S/C17H16N2O4S/c20-16(12-1-2-14-15(9-12)23-11-22-14)18-4-6-19(7-5-18)17(21)13-3-8-24-10-13/h1-3,8-10H,4-7,11H2. The number of carbonyl (C=O) groups is 2. The van der Waals surface area contributed by atoms with Gasteiger partial charge in [-0.2, -0.15) is 11.3 Å². The van der Waals surface area contributed by atoms with Crippen LogP contribution in [0.3, 0.4) is 0 Å². The number of piperazine rings is 1. The summed E-state index contributed by atoms with van der Waals surface area (Å²) < 4.78 is 10.6. The molecule has 0 radical (unpaired) electrons. The van der Waals surface area contributed by atoms with E-state index in [0.717, 1.165) is 5.56 Å². The van der Waals surface area contributed by atoms with Crippen LogP contribution in [0.2, 0.25) is 0 Å². The lowest BCUT2D eigenvalue weighted by atomic mass is 10.1. The first-order valence-electron chi connectivity index (χ1n) is 7.73. The van der Waals surface area contributed by atoms with Crippen molar-refractivity contribution in [3.8, 4) is 11.5 Å². The molecule has 1 aromatic heterocycles. The highest BCUT2D eigenvalue weighted by Crippen LogP contribution is 2.32. The third-order valence-corrected chi connectivity index (χ3v) is 4.92. The van der Waals surface area contributed by atoms with Crippen LogP contribution in [-0.4, -0.2) is 54.6 Å². The molecule has 0 bridgehead atoms. The third-order valence-electron chi connectivity index (χ3n) is 4.24. The number of fused-ring (bicyclic) bond motifs is 1. The summed E-state index contributed by atoms with van der Waals surface area (Å²) in [4.78, 5) is 28.5. The Morgan fingerprint density at radius 2 is 1.54 bits per heavy atom. The zero-order chi connectivity index (χ0) is 16.5. The molecule has 0 atom stereocenters. The molecule has 1 fully saturated rings. The summed E-state index contributed by atoms with van der Waals surface area (Å²) in [7, 11) is 0. The Bertz CT molecular complexity index is 767. The van der Waals surface area contributed by atoms with E-state index < -0.39 is 0 Å². The Kier molecular flexibility index (Phi) is 3.86. The molecule has 24 heavy (non-hydrogen) atoms. The first kappa shape index (κ1) is 15.0. The Labute approximate surface area is 143 Å². The topological polar surface area (TPSA) is 59.1 Å². The van der Waals surface area contributed by atoms with Crippen LogP contribution in [0.25, 0.3) is 0 Å². The minimum Gasteiger partial charge on any atom is -0.454 e. The summed E-state index contributed by atoms with van der Waals surface area (Å²) in [5.41, 5.74) is 1.30. The van der Waals surface area contributed by atoms with Crippen molar-refractivity contribution in [1.82, 2.24) is 9.80 Å². The molecule has 3 heterocycles. The van der Waals surface area contributed by atoms with Crippen molar-refractivity contribution in [3.05, 3.63) is 46.2 Å². The molecule has 2 aromatic rings. The van der Waals surface area contributed by atoms with Crippen LogP contribution < -0.4 is 9.47 Å². The molecular formula is C17H16N2O4S. The van der Waals surface area contributed by atoms with Gasteiger partial charge in [-0.3, -0.25) is 9.59 Å². The fourth-order valence-corrected chi connectivity index (χ4v) is 3.52. The van der Waals surface area contributed by atoms with Crippen LogP contribution >= 0.6 is 11.3 Å². The summed E-state index contributed by atoms with van der Waals surface area (Å²) in [6.45, 7) is 2.35. The second-order valence-corrected chi connectivity index (χ2v) is 6.44. The molecule has 0 aliphatic carbocycles. The third kappa shape index (κ3) is 2.71. The fraction of sp³-hybridized carbons (Fsp3) is 0.294. The number of carbonyl (C=O) groups excluding carboxylic acids is 2. The van der Waals surface area contributed by atoms with Crippen molar-refractivity contribution in [2.24, 2.45) is 0 Å². The smallest absolute Gasteiger partial charge is 0.254 e. The van der Waals surface area contributed by atoms with Crippen LogP contribution in [0.5, 0.6) is 11.5 Å². The number of amides is 2. The largest absolute Gasteiger partial charge is 0.454 e. The van der Waals surface area contributed by atoms with Gasteiger partial charge in [0.25, 0.3) is 11.8 Å². The van der Waals surface area contributed by atoms with Gasteiger partial charge in [0.1, 0.15) is 0 Å². The van der Waals surface area contributed by atoms with E-state index in [2.05, 4.69) is 0 Å². The highest BCUT2D eigenvalue weighted by Gasteiger charge is 2.26. The monoisotopic (exact) mass is 344 g/mol. The maximum absolute atomic E-state index is 12.6. The number of rotatable bonds is 2. The zero-order valence-electron chi connectivity index (χ0n) is 12.9. The van der Waals surface area contributed by atoms with Crippen molar-refractivity contribution < 1.29 is 19.1 Å². The van der Waals surface area contributed by atoms with Gasteiger partial charge in [-0.15, -0.1) is 0 Å². The van der Waals surface area contributed by atoms with Crippen LogP contribution in [0.15, 0.2) is 35.0 Å². The summed E-state index contributed by atoms with van der Waals surface area (Å²) in [5, 5.41) is 3.75. The number of thiophene rings is 1. The van der Waals surface area contributed by atoms with E-state index in [1.54, 1.807) is 28.0 Å². The molecule has 4 rings (SSSR count). The van der Waals surface area contributed by atoms with Gasteiger partial charge in [0.15, 0.2) is 11.5 Å². The lowest BCUT2D eigenvalue weighted by Crippen LogP contribution is -2.50. The normalized spacial score (nSPS) is 16.3. The minimum absolute atomic E-state index is 0.0337. The summed E-state index contributed by atoms with van der Waals surface area (Å²) in [6, 6.07) is 7.05. The van der Waals surface area contributed by atoms with E-state index in [0.29, 0.717) is 43.2 Å². The van der Waals surface area contributed by atoms with Gasteiger partial charge in [-0.05, 0) is 29.6 Å². The number of nitrogens with zero attached hydrogens (tertiary/aromatic N) is 2. The second-order valence-electron chi connectivity index (χ2n) is 5.66. The quantitative estimate of drug-likeness (QED) is 0.837. The van der Waals surface area contributed by atoms with Gasteiger partial charge in [-0.25, -0.2) is 0 Å². The molecule has 0 unspecified atom stereocenters. The summed E-state index contributed by atoms with van der Waals surface area (Å²) >= 11 is 1.51. The molecule has 124 valence electrons. The maximum Gasteiger partial charge on any atom is 0.254 e.